The Balaban J connectivity index is 2.43. The molecule has 0 aliphatic carbocycles. The highest BCUT2D eigenvalue weighted by Crippen LogP contribution is 2.01. The molecular weight excluding hydrogens is 444 g/mol. The Hall–Kier alpha value is -4.05. The summed E-state index contributed by atoms with van der Waals surface area (Å²) in [5.74, 6) is -4.78. The molecule has 0 aromatic carbocycles. The molecule has 0 saturated heterocycles. The van der Waals surface area contributed by atoms with E-state index in [-0.39, 0.29) is 26.2 Å². The molecule has 182 valence electrons. The Morgan fingerprint density at radius 3 is 2.06 bits per heavy atom. The molecule has 16 heteroatoms. The van der Waals surface area contributed by atoms with Crippen LogP contribution in [0.25, 0.3) is 0 Å². The first kappa shape index (κ1) is 27.0. The predicted molar refractivity (Wildman–Crippen MR) is 109 cm³/mol. The molecule has 0 aliphatic rings. The van der Waals surface area contributed by atoms with Crippen molar-refractivity contribution in [2.45, 2.75) is 19.1 Å². The van der Waals surface area contributed by atoms with Crippen molar-refractivity contribution in [3.05, 3.63) is 18.2 Å². The molecule has 9 N–H and O–H groups in total. The lowest BCUT2D eigenvalue weighted by molar-refractivity contribution is -0.139. The maximum Gasteiger partial charge on any atom is 0.322 e. The third-order valence-corrected chi connectivity index (χ3v) is 3.88. The number of aliphatic carboxylic acids is 2. The van der Waals surface area contributed by atoms with E-state index in [0.717, 1.165) is 0 Å². The molecule has 16 nitrogen and oxygen atoms in total. The highest BCUT2D eigenvalue weighted by Gasteiger charge is 2.20. The molecule has 1 atom stereocenters. The number of carboxylic acids is 2. The molecule has 0 radical (unpaired) electrons. The second kappa shape index (κ2) is 14.1. The van der Waals surface area contributed by atoms with Crippen LogP contribution in [0.4, 0.5) is 0 Å². The van der Waals surface area contributed by atoms with Crippen LogP contribution in [0, 0.1) is 0 Å². The van der Waals surface area contributed by atoms with Crippen LogP contribution in [0.3, 0.4) is 0 Å². The van der Waals surface area contributed by atoms with Gasteiger partial charge in [0, 0.05) is 12.6 Å². The monoisotopic (exact) mass is 470 g/mol. The van der Waals surface area contributed by atoms with Gasteiger partial charge in [-0.1, -0.05) is 0 Å². The molecule has 1 unspecified atom stereocenters. The molecule has 33 heavy (non-hydrogen) atoms. The fraction of sp³-hybridized carbons (Fsp3) is 0.471. The number of carboxylic acid groups (broad SMARTS) is 2. The van der Waals surface area contributed by atoms with Gasteiger partial charge in [-0.05, 0) is 0 Å². The third-order valence-electron chi connectivity index (χ3n) is 3.88. The molecule has 1 aromatic heterocycles. The summed E-state index contributed by atoms with van der Waals surface area (Å²) >= 11 is 0. The molecule has 0 aliphatic heterocycles. The summed E-state index contributed by atoms with van der Waals surface area (Å²) in [6.45, 7) is -1.91. The highest BCUT2D eigenvalue weighted by molar-refractivity contribution is 5.87. The molecule has 1 rings (SSSR count). The summed E-state index contributed by atoms with van der Waals surface area (Å²) in [5, 5.41) is 29.4. The first-order valence-corrected chi connectivity index (χ1v) is 9.56. The third kappa shape index (κ3) is 11.8. The summed E-state index contributed by atoms with van der Waals surface area (Å²) in [7, 11) is 0. The van der Waals surface area contributed by atoms with Crippen molar-refractivity contribution in [2.75, 3.05) is 32.7 Å². The van der Waals surface area contributed by atoms with Crippen LogP contribution in [-0.4, -0.2) is 94.1 Å². The van der Waals surface area contributed by atoms with Crippen molar-refractivity contribution in [3.8, 4) is 0 Å². The summed E-state index contributed by atoms with van der Waals surface area (Å²) in [6, 6.07) is -1.17. The van der Waals surface area contributed by atoms with Crippen LogP contribution in [0.2, 0.25) is 0 Å². The molecule has 0 saturated carbocycles. The summed E-state index contributed by atoms with van der Waals surface area (Å²) in [4.78, 5) is 71.6. The van der Waals surface area contributed by atoms with E-state index >= 15 is 0 Å². The van der Waals surface area contributed by atoms with E-state index in [9.17, 15) is 33.9 Å². The van der Waals surface area contributed by atoms with Crippen molar-refractivity contribution < 1.29 is 39.0 Å². The predicted octanol–water partition coefficient (Wildman–Crippen LogP) is -5.07. The quantitative estimate of drug-likeness (QED) is 0.120. The number of rotatable bonds is 15. The van der Waals surface area contributed by atoms with Crippen LogP contribution in [0.1, 0.15) is 5.69 Å². The molecule has 0 fully saturated rings. The van der Waals surface area contributed by atoms with Crippen molar-refractivity contribution in [2.24, 2.45) is 5.73 Å². The van der Waals surface area contributed by atoms with Gasteiger partial charge in [-0.25, -0.2) is 4.98 Å². The zero-order valence-corrected chi connectivity index (χ0v) is 17.5. The molecule has 1 aromatic rings. The molecule has 0 bridgehead atoms. The normalized spacial score (nSPS) is 11.2. The van der Waals surface area contributed by atoms with Crippen LogP contribution in [0.15, 0.2) is 12.5 Å². The molecular formula is C17H26N8O8. The van der Waals surface area contributed by atoms with Gasteiger partial charge in [0.1, 0.15) is 12.6 Å². The molecule has 0 spiro atoms. The lowest BCUT2D eigenvalue weighted by Crippen LogP contribution is -2.46. The van der Waals surface area contributed by atoms with E-state index in [1.54, 1.807) is 0 Å². The van der Waals surface area contributed by atoms with E-state index in [1.807, 2.05) is 0 Å². The first-order valence-electron chi connectivity index (χ1n) is 9.56. The zero-order valence-electron chi connectivity index (χ0n) is 17.5. The summed E-state index contributed by atoms with van der Waals surface area (Å²) < 4.78 is 1.49. The van der Waals surface area contributed by atoms with Crippen molar-refractivity contribution in [1.82, 2.24) is 36.1 Å². The van der Waals surface area contributed by atoms with Gasteiger partial charge >= 0.3 is 11.9 Å². The number of hydrogen-bond acceptors (Lipinski definition) is 9. The van der Waals surface area contributed by atoms with Crippen LogP contribution in [-0.2, 0) is 41.9 Å². The van der Waals surface area contributed by atoms with E-state index in [0.29, 0.717) is 5.69 Å². The number of nitrogens with zero attached hydrogens (tertiary/aromatic N) is 2. The smallest absolute Gasteiger partial charge is 0.322 e. The summed E-state index contributed by atoms with van der Waals surface area (Å²) in [6.07, 6.45) is 2.80. The lowest BCUT2D eigenvalue weighted by atomic mass is 10.1. The second-order valence-electron chi connectivity index (χ2n) is 6.54. The SMILES string of the molecule is NCC(=O)NCC(=O)NCn1cnc(CC(NCC(=O)NCC(=O)NCC(=O)O)C(=O)O)c1. The van der Waals surface area contributed by atoms with E-state index in [4.69, 9.17) is 10.8 Å². The van der Waals surface area contributed by atoms with E-state index in [2.05, 4.69) is 31.6 Å². The largest absolute Gasteiger partial charge is 0.480 e. The maximum atomic E-state index is 11.8. The van der Waals surface area contributed by atoms with Gasteiger partial charge in [-0.15, -0.1) is 0 Å². The zero-order chi connectivity index (χ0) is 24.8. The number of nitrogens with one attached hydrogen (secondary N) is 5. The fourth-order valence-corrected chi connectivity index (χ4v) is 2.24. The van der Waals surface area contributed by atoms with Gasteiger partial charge in [-0.2, -0.15) is 0 Å². The summed E-state index contributed by atoms with van der Waals surface area (Å²) in [5.41, 5.74) is 5.48. The Morgan fingerprint density at radius 2 is 1.45 bits per heavy atom. The number of hydrogen-bond donors (Lipinski definition) is 8. The van der Waals surface area contributed by atoms with Crippen molar-refractivity contribution in [1.29, 1.82) is 0 Å². The Kier molecular flexibility index (Phi) is 11.5. The fourth-order valence-electron chi connectivity index (χ4n) is 2.24. The molecule has 4 amide bonds. The topological polar surface area (TPSA) is 247 Å². The number of aromatic nitrogens is 2. The number of carbonyl (C=O) groups is 6. The van der Waals surface area contributed by atoms with Crippen LogP contribution >= 0.6 is 0 Å². The van der Waals surface area contributed by atoms with E-state index in [1.165, 1.54) is 17.1 Å². The average molecular weight is 470 g/mol. The van der Waals surface area contributed by atoms with Gasteiger partial charge in [-0.3, -0.25) is 34.1 Å². The average Bonchev–Trinajstić information content (AvgIpc) is 3.22. The number of carbonyl (C=O) groups excluding carboxylic acids is 4. The Bertz CT molecular complexity index is 871. The van der Waals surface area contributed by atoms with Crippen LogP contribution < -0.4 is 32.3 Å². The van der Waals surface area contributed by atoms with E-state index < -0.39 is 61.2 Å². The highest BCUT2D eigenvalue weighted by atomic mass is 16.4. The van der Waals surface area contributed by atoms with Crippen LogP contribution in [0.5, 0.6) is 0 Å². The molecule has 1 heterocycles. The minimum Gasteiger partial charge on any atom is -0.480 e. The first-order chi connectivity index (χ1) is 15.6. The number of nitrogens with two attached hydrogens (primary N) is 1. The van der Waals surface area contributed by atoms with Gasteiger partial charge in [0.25, 0.3) is 0 Å². The Labute approximate surface area is 187 Å². The Morgan fingerprint density at radius 1 is 0.879 bits per heavy atom. The minimum atomic E-state index is -1.24. The van der Waals surface area contributed by atoms with Crippen molar-refractivity contribution in [3.63, 3.8) is 0 Å². The van der Waals surface area contributed by atoms with Gasteiger partial charge in [0.05, 0.1) is 44.9 Å². The number of amides is 4. The lowest BCUT2D eigenvalue weighted by Gasteiger charge is -2.13. The second-order valence-corrected chi connectivity index (χ2v) is 6.54. The van der Waals surface area contributed by atoms with Crippen molar-refractivity contribution >= 4 is 35.6 Å². The maximum absolute atomic E-state index is 11.8. The minimum absolute atomic E-state index is 0.0296. The van der Waals surface area contributed by atoms with Gasteiger partial charge in [0.2, 0.25) is 23.6 Å². The standard InChI is InChI=1S/C17H26N8O8/c18-2-12(26)20-5-15(29)24-9-25-7-10(23-8-25)1-11(17(32)33)19-3-13(27)21-4-14(28)22-6-16(30)31/h7-8,11,19H,1-6,9,18H2,(H,20,26)(H,21,27)(H,22,28)(H,24,29)(H,30,31)(H,32,33). The number of imidazole rings is 1. The van der Waals surface area contributed by atoms with Gasteiger partial charge < -0.3 is 41.8 Å². The van der Waals surface area contributed by atoms with Gasteiger partial charge in [0.15, 0.2) is 0 Å².